The van der Waals surface area contributed by atoms with Gasteiger partial charge in [-0.1, -0.05) is 50.6 Å². The second-order valence-corrected chi connectivity index (χ2v) is 10.3. The van der Waals surface area contributed by atoms with E-state index in [4.69, 9.17) is 10.5 Å². The molecular formula is C26H40N4O5. The van der Waals surface area contributed by atoms with Crippen molar-refractivity contribution in [3.05, 3.63) is 35.9 Å². The number of hydrogen-bond acceptors (Lipinski definition) is 5. The highest BCUT2D eigenvalue weighted by atomic mass is 16.6. The number of nitrogens with one attached hydrogen (secondary N) is 1. The lowest BCUT2D eigenvalue weighted by Gasteiger charge is -2.36. The highest BCUT2D eigenvalue weighted by Gasteiger charge is 2.42. The zero-order valence-electron chi connectivity index (χ0n) is 21.7. The first-order valence-corrected chi connectivity index (χ1v) is 12.3. The predicted molar refractivity (Wildman–Crippen MR) is 133 cm³/mol. The van der Waals surface area contributed by atoms with Crippen molar-refractivity contribution in [1.82, 2.24) is 15.1 Å². The molecule has 0 unspecified atom stereocenters. The van der Waals surface area contributed by atoms with Gasteiger partial charge in [-0.3, -0.25) is 19.3 Å². The lowest BCUT2D eigenvalue weighted by Crippen LogP contribution is -2.58. The summed E-state index contributed by atoms with van der Waals surface area (Å²) in [6, 6.07) is 6.88. The Morgan fingerprint density at radius 2 is 1.83 bits per heavy atom. The number of likely N-dealkylation sites (N-methyl/N-ethyl adjacent to an activating group) is 1. The first-order chi connectivity index (χ1) is 16.4. The van der Waals surface area contributed by atoms with Gasteiger partial charge in [0.05, 0.1) is 0 Å². The fourth-order valence-corrected chi connectivity index (χ4v) is 4.27. The van der Waals surface area contributed by atoms with Gasteiger partial charge >= 0.3 is 6.09 Å². The van der Waals surface area contributed by atoms with Crippen LogP contribution in [0.1, 0.15) is 59.4 Å². The number of ether oxygens (including phenoxy) is 1. The van der Waals surface area contributed by atoms with Crippen LogP contribution in [0.15, 0.2) is 30.3 Å². The van der Waals surface area contributed by atoms with Gasteiger partial charge in [0, 0.05) is 20.0 Å². The van der Waals surface area contributed by atoms with Gasteiger partial charge in [-0.2, -0.15) is 0 Å². The van der Waals surface area contributed by atoms with Crippen molar-refractivity contribution in [2.75, 3.05) is 13.6 Å². The molecule has 0 spiro atoms. The minimum Gasteiger partial charge on any atom is -0.444 e. The maximum absolute atomic E-state index is 13.7. The van der Waals surface area contributed by atoms with E-state index < -0.39 is 41.6 Å². The standard InChI is InChI=1S/C26H40N4O5/c1-7-17(2)21(29(6)25(34)35-26(3,4)5)24(33)30-15-11-14-20(30)23(32)28-19(22(27)31)16-18-12-9-8-10-13-18/h8-10,12-13,17,19-21H,7,11,14-16H2,1-6H3,(H2,27,31)(H,28,32)/t17-,19-,20-,21-/m0/s1. The quantitative estimate of drug-likeness (QED) is 0.553. The van der Waals surface area contributed by atoms with Crippen molar-refractivity contribution in [2.45, 2.75) is 84.0 Å². The second kappa shape index (κ2) is 12.0. The van der Waals surface area contributed by atoms with Crippen LogP contribution >= 0.6 is 0 Å². The number of nitrogens with two attached hydrogens (primary N) is 1. The van der Waals surface area contributed by atoms with Crippen LogP contribution in [-0.4, -0.2) is 70.9 Å². The average molecular weight is 489 g/mol. The minimum atomic E-state index is -0.891. The van der Waals surface area contributed by atoms with Crippen molar-refractivity contribution in [3.8, 4) is 0 Å². The molecule has 35 heavy (non-hydrogen) atoms. The summed E-state index contributed by atoms with van der Waals surface area (Å²) in [4.78, 5) is 54.5. The van der Waals surface area contributed by atoms with Crippen LogP contribution in [0.25, 0.3) is 0 Å². The topological polar surface area (TPSA) is 122 Å². The maximum Gasteiger partial charge on any atom is 0.410 e. The largest absolute Gasteiger partial charge is 0.444 e. The number of nitrogens with zero attached hydrogens (tertiary/aromatic N) is 2. The van der Waals surface area contributed by atoms with Crippen LogP contribution in [0.2, 0.25) is 0 Å². The molecule has 1 aliphatic rings. The first-order valence-electron chi connectivity index (χ1n) is 12.3. The third-order valence-corrected chi connectivity index (χ3v) is 6.32. The summed E-state index contributed by atoms with van der Waals surface area (Å²) < 4.78 is 5.48. The zero-order valence-corrected chi connectivity index (χ0v) is 21.7. The van der Waals surface area contributed by atoms with Crippen molar-refractivity contribution < 1.29 is 23.9 Å². The van der Waals surface area contributed by atoms with Crippen molar-refractivity contribution in [3.63, 3.8) is 0 Å². The number of primary amides is 1. The number of likely N-dealkylation sites (tertiary alicyclic amines) is 1. The average Bonchev–Trinajstić information content (AvgIpc) is 3.28. The Kier molecular flexibility index (Phi) is 9.68. The van der Waals surface area contributed by atoms with Gasteiger partial charge in [0.15, 0.2) is 0 Å². The van der Waals surface area contributed by atoms with Crippen molar-refractivity contribution in [1.29, 1.82) is 0 Å². The van der Waals surface area contributed by atoms with E-state index in [1.807, 2.05) is 44.2 Å². The van der Waals surface area contributed by atoms with E-state index in [2.05, 4.69) is 5.32 Å². The number of hydrogen-bond donors (Lipinski definition) is 2. The van der Waals surface area contributed by atoms with Gasteiger partial charge in [0.1, 0.15) is 23.7 Å². The molecule has 1 aromatic rings. The molecule has 0 aliphatic carbocycles. The molecule has 1 heterocycles. The predicted octanol–water partition coefficient (Wildman–Crippen LogP) is 2.47. The van der Waals surface area contributed by atoms with Crippen molar-refractivity contribution in [2.24, 2.45) is 11.7 Å². The summed E-state index contributed by atoms with van der Waals surface area (Å²) in [6.07, 6.45) is 1.45. The van der Waals surface area contributed by atoms with E-state index in [0.717, 1.165) is 5.56 Å². The van der Waals surface area contributed by atoms with E-state index in [0.29, 0.717) is 25.8 Å². The second-order valence-electron chi connectivity index (χ2n) is 10.3. The van der Waals surface area contributed by atoms with Gasteiger partial charge in [0.25, 0.3) is 0 Å². The van der Waals surface area contributed by atoms with Gasteiger partial charge in [-0.15, -0.1) is 0 Å². The Morgan fingerprint density at radius 3 is 2.37 bits per heavy atom. The highest BCUT2D eigenvalue weighted by Crippen LogP contribution is 2.25. The summed E-state index contributed by atoms with van der Waals surface area (Å²) in [5, 5.41) is 2.74. The SMILES string of the molecule is CC[C@H](C)[C@@H](C(=O)N1CCC[C@H]1C(=O)N[C@@H](Cc1ccccc1)C(N)=O)N(C)C(=O)OC(C)(C)C. The lowest BCUT2D eigenvalue weighted by atomic mass is 9.96. The monoisotopic (exact) mass is 488 g/mol. The van der Waals surface area contributed by atoms with Crippen LogP contribution in [-0.2, 0) is 25.5 Å². The highest BCUT2D eigenvalue weighted by molar-refractivity contribution is 5.94. The Balaban J connectivity index is 2.19. The molecule has 2 rings (SSSR count). The van der Waals surface area contributed by atoms with Crippen LogP contribution in [0, 0.1) is 5.92 Å². The maximum atomic E-state index is 13.7. The van der Waals surface area contributed by atoms with Crippen LogP contribution in [0.3, 0.4) is 0 Å². The molecule has 1 fully saturated rings. The Hall–Kier alpha value is -3.10. The molecule has 1 saturated heterocycles. The molecule has 194 valence electrons. The summed E-state index contributed by atoms with van der Waals surface area (Å²) in [7, 11) is 1.55. The Bertz CT molecular complexity index is 899. The number of carbonyl (C=O) groups excluding carboxylic acids is 4. The van der Waals surface area contributed by atoms with E-state index in [1.165, 1.54) is 9.80 Å². The lowest BCUT2D eigenvalue weighted by molar-refractivity contribution is -0.144. The van der Waals surface area contributed by atoms with Crippen LogP contribution in [0.4, 0.5) is 4.79 Å². The van der Waals surface area contributed by atoms with E-state index in [-0.39, 0.29) is 18.2 Å². The summed E-state index contributed by atoms with van der Waals surface area (Å²) in [5.74, 6) is -1.51. The Morgan fingerprint density at radius 1 is 1.20 bits per heavy atom. The van der Waals surface area contributed by atoms with Crippen LogP contribution in [0.5, 0.6) is 0 Å². The molecule has 4 atom stereocenters. The van der Waals surface area contributed by atoms with E-state index in [9.17, 15) is 19.2 Å². The Labute approximate surface area is 208 Å². The summed E-state index contributed by atoms with van der Waals surface area (Å²) in [5.41, 5.74) is 5.73. The van der Waals surface area contributed by atoms with Gasteiger partial charge < -0.3 is 20.7 Å². The first kappa shape index (κ1) is 28.1. The van der Waals surface area contributed by atoms with E-state index >= 15 is 0 Å². The van der Waals surface area contributed by atoms with Crippen molar-refractivity contribution >= 4 is 23.8 Å². The molecular weight excluding hydrogens is 448 g/mol. The zero-order chi connectivity index (χ0) is 26.3. The molecule has 9 heteroatoms. The fourth-order valence-electron chi connectivity index (χ4n) is 4.27. The number of amides is 4. The molecule has 9 nitrogen and oxygen atoms in total. The van der Waals surface area contributed by atoms with Gasteiger partial charge in [-0.05, 0) is 45.1 Å². The number of carbonyl (C=O) groups is 4. The fraction of sp³-hybridized carbons (Fsp3) is 0.615. The molecule has 1 aliphatic heterocycles. The minimum absolute atomic E-state index is 0.152. The molecule has 0 aromatic heterocycles. The van der Waals surface area contributed by atoms with Crippen LogP contribution < -0.4 is 11.1 Å². The molecule has 4 amide bonds. The third kappa shape index (κ3) is 7.70. The summed E-state index contributed by atoms with van der Waals surface area (Å²) in [6.45, 7) is 9.55. The summed E-state index contributed by atoms with van der Waals surface area (Å²) >= 11 is 0. The van der Waals surface area contributed by atoms with E-state index in [1.54, 1.807) is 27.8 Å². The smallest absolute Gasteiger partial charge is 0.410 e. The van der Waals surface area contributed by atoms with Gasteiger partial charge in [0.2, 0.25) is 17.7 Å². The molecule has 3 N–H and O–H groups in total. The normalized spacial score (nSPS) is 18.3. The molecule has 0 radical (unpaired) electrons. The third-order valence-electron chi connectivity index (χ3n) is 6.32. The van der Waals surface area contributed by atoms with Gasteiger partial charge in [-0.25, -0.2) is 4.79 Å². The number of benzene rings is 1. The molecule has 1 aromatic carbocycles. The number of rotatable bonds is 9. The molecule has 0 saturated carbocycles. The molecule has 0 bridgehead atoms.